The van der Waals surface area contributed by atoms with Crippen molar-refractivity contribution < 1.29 is 13.2 Å². The van der Waals surface area contributed by atoms with Crippen molar-refractivity contribution >= 4 is 33.2 Å². The van der Waals surface area contributed by atoms with Gasteiger partial charge in [0.15, 0.2) is 0 Å². The van der Waals surface area contributed by atoms with Gasteiger partial charge in [0.05, 0.1) is 4.90 Å². The van der Waals surface area contributed by atoms with Crippen LogP contribution < -0.4 is 10.5 Å². The molecule has 0 fully saturated rings. The Hall–Kier alpha value is -1.89. The minimum atomic E-state index is -3.84. The average molecular weight is 325 g/mol. The summed E-state index contributed by atoms with van der Waals surface area (Å²) in [5, 5.41) is 8.32. The Morgan fingerprint density at radius 3 is 2.52 bits per heavy atom. The van der Waals surface area contributed by atoms with Gasteiger partial charge in [0.25, 0.3) is 5.91 Å². The average Bonchev–Trinajstić information content (AvgIpc) is 2.41. The third-order valence-electron chi connectivity index (χ3n) is 2.86. The van der Waals surface area contributed by atoms with Crippen molar-refractivity contribution in [2.75, 3.05) is 5.32 Å². The molecule has 0 aromatic heterocycles. The molecule has 2 aromatic carbocycles. The van der Waals surface area contributed by atoms with E-state index in [0.717, 1.165) is 5.56 Å². The summed E-state index contributed by atoms with van der Waals surface area (Å²) < 4.78 is 22.6. The molecule has 3 N–H and O–H groups in total. The highest BCUT2D eigenvalue weighted by Crippen LogP contribution is 2.20. The molecule has 5 nitrogen and oxygen atoms in total. The van der Waals surface area contributed by atoms with Crippen molar-refractivity contribution in [3.05, 3.63) is 58.6 Å². The standard InChI is InChI=1S/C14H13ClN2O3S/c1-9-7-11(15)5-6-13(9)17-14(18)10-3-2-4-12(8-10)21(16,19)20/h2-8H,1H3,(H,17,18)(H2,16,19,20). The number of hydrogen-bond donors (Lipinski definition) is 2. The Balaban J connectivity index is 2.29. The van der Waals surface area contributed by atoms with E-state index < -0.39 is 15.9 Å². The summed E-state index contributed by atoms with van der Waals surface area (Å²) >= 11 is 5.85. The summed E-state index contributed by atoms with van der Waals surface area (Å²) in [6.07, 6.45) is 0. The highest BCUT2D eigenvalue weighted by Gasteiger charge is 2.13. The maximum absolute atomic E-state index is 12.2. The largest absolute Gasteiger partial charge is 0.322 e. The lowest BCUT2D eigenvalue weighted by atomic mass is 10.1. The molecule has 21 heavy (non-hydrogen) atoms. The van der Waals surface area contributed by atoms with Gasteiger partial charge in [-0.25, -0.2) is 13.6 Å². The maximum Gasteiger partial charge on any atom is 0.255 e. The summed E-state index contributed by atoms with van der Waals surface area (Å²) in [5.41, 5.74) is 1.61. The van der Waals surface area contributed by atoms with E-state index in [2.05, 4.69) is 5.32 Å². The van der Waals surface area contributed by atoms with E-state index in [1.165, 1.54) is 24.3 Å². The smallest absolute Gasteiger partial charge is 0.255 e. The predicted molar refractivity (Wildman–Crippen MR) is 82.0 cm³/mol. The number of carbonyl (C=O) groups is 1. The SMILES string of the molecule is Cc1cc(Cl)ccc1NC(=O)c1cccc(S(N)(=O)=O)c1. The highest BCUT2D eigenvalue weighted by atomic mass is 35.5. The first-order valence-electron chi connectivity index (χ1n) is 5.98. The Labute approximate surface area is 127 Å². The lowest BCUT2D eigenvalue weighted by molar-refractivity contribution is 0.102. The number of hydrogen-bond acceptors (Lipinski definition) is 3. The van der Waals surface area contributed by atoms with Crippen LogP contribution in [-0.2, 0) is 10.0 Å². The van der Waals surface area contributed by atoms with Crippen LogP contribution in [0.2, 0.25) is 5.02 Å². The molecule has 0 saturated heterocycles. The van der Waals surface area contributed by atoms with E-state index >= 15 is 0 Å². The van der Waals surface area contributed by atoms with E-state index in [-0.39, 0.29) is 10.5 Å². The van der Waals surface area contributed by atoms with Crippen molar-refractivity contribution in [1.29, 1.82) is 0 Å². The quantitative estimate of drug-likeness (QED) is 0.909. The number of benzene rings is 2. The molecule has 0 unspecified atom stereocenters. The minimum Gasteiger partial charge on any atom is -0.322 e. The number of sulfonamides is 1. The first-order chi connectivity index (χ1) is 9.77. The first-order valence-corrected chi connectivity index (χ1v) is 7.90. The Morgan fingerprint density at radius 1 is 1.19 bits per heavy atom. The van der Waals surface area contributed by atoms with Crippen LogP contribution in [0.15, 0.2) is 47.4 Å². The Kier molecular flexibility index (Phi) is 4.32. The first kappa shape index (κ1) is 15.5. The molecule has 7 heteroatoms. The number of amides is 1. The van der Waals surface area contributed by atoms with Gasteiger partial charge < -0.3 is 5.32 Å². The van der Waals surface area contributed by atoms with E-state index in [0.29, 0.717) is 10.7 Å². The summed E-state index contributed by atoms with van der Waals surface area (Å²) in [7, 11) is -3.84. The van der Waals surface area contributed by atoms with Crippen molar-refractivity contribution in [1.82, 2.24) is 0 Å². The molecule has 2 aromatic rings. The fourth-order valence-electron chi connectivity index (χ4n) is 1.78. The highest BCUT2D eigenvalue weighted by molar-refractivity contribution is 7.89. The summed E-state index contributed by atoms with van der Waals surface area (Å²) in [4.78, 5) is 12.0. The van der Waals surface area contributed by atoms with Crippen LogP contribution in [0.3, 0.4) is 0 Å². The van der Waals surface area contributed by atoms with E-state index in [9.17, 15) is 13.2 Å². The molecule has 0 aliphatic carbocycles. The third kappa shape index (κ3) is 3.81. The molecule has 0 aliphatic rings. The van der Waals surface area contributed by atoms with Gasteiger partial charge in [-0.1, -0.05) is 17.7 Å². The van der Waals surface area contributed by atoms with Gasteiger partial charge in [-0.15, -0.1) is 0 Å². The molecule has 0 heterocycles. The lowest BCUT2D eigenvalue weighted by Gasteiger charge is -2.09. The molecule has 110 valence electrons. The predicted octanol–water partition coefficient (Wildman–Crippen LogP) is 2.55. The number of nitrogens with one attached hydrogen (secondary N) is 1. The zero-order valence-corrected chi connectivity index (χ0v) is 12.7. The van der Waals surface area contributed by atoms with Gasteiger partial charge in [0.2, 0.25) is 10.0 Å². The van der Waals surface area contributed by atoms with Gasteiger partial charge in [-0.05, 0) is 48.9 Å². The molecular formula is C14H13ClN2O3S. The van der Waals surface area contributed by atoms with Crippen LogP contribution in [0.4, 0.5) is 5.69 Å². The number of anilines is 1. The van der Waals surface area contributed by atoms with Crippen molar-refractivity contribution in [3.8, 4) is 0 Å². The van der Waals surface area contributed by atoms with Crippen molar-refractivity contribution in [3.63, 3.8) is 0 Å². The summed E-state index contributed by atoms with van der Waals surface area (Å²) in [5.74, 6) is -0.425. The second kappa shape index (κ2) is 5.85. The Morgan fingerprint density at radius 2 is 1.90 bits per heavy atom. The van der Waals surface area contributed by atoms with Crippen LogP contribution in [0.25, 0.3) is 0 Å². The second-order valence-electron chi connectivity index (χ2n) is 4.49. The van der Waals surface area contributed by atoms with Gasteiger partial charge in [-0.3, -0.25) is 4.79 Å². The van der Waals surface area contributed by atoms with E-state index in [1.54, 1.807) is 18.2 Å². The number of aryl methyl sites for hydroxylation is 1. The fourth-order valence-corrected chi connectivity index (χ4v) is 2.56. The third-order valence-corrected chi connectivity index (χ3v) is 4.01. The van der Waals surface area contributed by atoms with Crippen molar-refractivity contribution in [2.24, 2.45) is 5.14 Å². The van der Waals surface area contributed by atoms with Crippen LogP contribution >= 0.6 is 11.6 Å². The number of rotatable bonds is 3. The molecular weight excluding hydrogens is 312 g/mol. The van der Waals surface area contributed by atoms with Crippen LogP contribution in [0, 0.1) is 6.92 Å². The topological polar surface area (TPSA) is 89.3 Å². The number of halogens is 1. The number of nitrogens with two attached hydrogens (primary N) is 1. The van der Waals surface area contributed by atoms with E-state index in [4.69, 9.17) is 16.7 Å². The van der Waals surface area contributed by atoms with Crippen LogP contribution in [0.1, 0.15) is 15.9 Å². The molecule has 0 atom stereocenters. The second-order valence-corrected chi connectivity index (χ2v) is 6.48. The number of carbonyl (C=O) groups excluding carboxylic acids is 1. The van der Waals surface area contributed by atoms with Gasteiger partial charge in [0.1, 0.15) is 0 Å². The Bertz CT molecular complexity index is 804. The molecule has 0 spiro atoms. The molecule has 0 bridgehead atoms. The van der Waals surface area contributed by atoms with Crippen LogP contribution in [-0.4, -0.2) is 14.3 Å². The minimum absolute atomic E-state index is 0.108. The normalized spacial score (nSPS) is 11.2. The van der Waals surface area contributed by atoms with Crippen LogP contribution in [0.5, 0.6) is 0 Å². The van der Waals surface area contributed by atoms with E-state index in [1.807, 2.05) is 6.92 Å². The number of primary sulfonamides is 1. The lowest BCUT2D eigenvalue weighted by Crippen LogP contribution is -2.16. The molecule has 2 rings (SSSR count). The van der Waals surface area contributed by atoms with Gasteiger partial charge in [-0.2, -0.15) is 0 Å². The molecule has 0 aliphatic heterocycles. The zero-order valence-electron chi connectivity index (χ0n) is 11.1. The molecule has 0 saturated carbocycles. The molecule has 1 amide bonds. The molecule has 0 radical (unpaired) electrons. The van der Waals surface area contributed by atoms with Crippen molar-refractivity contribution in [2.45, 2.75) is 11.8 Å². The van der Waals surface area contributed by atoms with Gasteiger partial charge in [0, 0.05) is 16.3 Å². The maximum atomic E-state index is 12.2. The summed E-state index contributed by atoms with van der Waals surface area (Å²) in [6.45, 7) is 1.81. The fraction of sp³-hybridized carbons (Fsp3) is 0.0714. The monoisotopic (exact) mass is 324 g/mol. The summed E-state index contributed by atoms with van der Waals surface area (Å²) in [6, 6.07) is 10.6. The zero-order chi connectivity index (χ0) is 15.6. The van der Waals surface area contributed by atoms with Gasteiger partial charge >= 0.3 is 0 Å².